The van der Waals surface area contributed by atoms with Crippen LogP contribution in [-0.2, 0) is 13.1 Å². The number of ether oxygens (including phenoxy) is 3. The average Bonchev–Trinajstić information content (AvgIpc) is 3.02. The number of aliphatic hydroxyl groups is 1. The topological polar surface area (TPSA) is 71.4 Å². The molecule has 3 rings (SSSR count). The van der Waals surface area contributed by atoms with Gasteiger partial charge >= 0.3 is 0 Å². The van der Waals surface area contributed by atoms with Crippen LogP contribution < -0.4 is 14.2 Å². The first kappa shape index (κ1) is 17.4. The maximum atomic E-state index is 9.96. The van der Waals surface area contributed by atoms with Crippen molar-refractivity contribution in [3.63, 3.8) is 0 Å². The lowest BCUT2D eigenvalue weighted by Gasteiger charge is -2.24. The van der Waals surface area contributed by atoms with E-state index in [-0.39, 0.29) is 12.5 Å². The fourth-order valence-electron chi connectivity index (χ4n) is 2.95. The fraction of sp³-hybridized carbons (Fsp3) is 0.368. The number of phenols is 1. The second kappa shape index (κ2) is 7.63. The van der Waals surface area contributed by atoms with E-state index >= 15 is 0 Å². The van der Waals surface area contributed by atoms with Crippen molar-refractivity contribution in [3.8, 4) is 23.0 Å². The van der Waals surface area contributed by atoms with Gasteiger partial charge in [-0.1, -0.05) is 12.1 Å². The van der Waals surface area contributed by atoms with Crippen LogP contribution in [0.4, 0.5) is 0 Å². The van der Waals surface area contributed by atoms with Crippen molar-refractivity contribution >= 4 is 0 Å². The Morgan fingerprint density at radius 3 is 2.44 bits per heavy atom. The fourth-order valence-corrected chi connectivity index (χ4v) is 2.95. The highest BCUT2D eigenvalue weighted by molar-refractivity contribution is 5.44. The van der Waals surface area contributed by atoms with E-state index in [4.69, 9.17) is 14.2 Å². The van der Waals surface area contributed by atoms with Gasteiger partial charge in [0.05, 0.1) is 13.2 Å². The van der Waals surface area contributed by atoms with Crippen molar-refractivity contribution < 1.29 is 24.4 Å². The number of rotatable bonds is 7. The molecule has 0 saturated carbocycles. The van der Waals surface area contributed by atoms with E-state index in [1.165, 1.54) is 7.11 Å². The Bertz CT molecular complexity index is 732. The third-order valence-corrected chi connectivity index (χ3v) is 4.02. The highest BCUT2D eigenvalue weighted by atomic mass is 16.7. The molecule has 0 fully saturated rings. The van der Waals surface area contributed by atoms with Crippen LogP contribution in [0.2, 0.25) is 0 Å². The zero-order valence-electron chi connectivity index (χ0n) is 14.4. The predicted octanol–water partition coefficient (Wildman–Crippen LogP) is 2.51. The minimum Gasteiger partial charge on any atom is -0.504 e. The van der Waals surface area contributed by atoms with E-state index in [0.29, 0.717) is 25.4 Å². The van der Waals surface area contributed by atoms with Crippen molar-refractivity contribution in [2.45, 2.75) is 26.1 Å². The second-order valence-electron chi connectivity index (χ2n) is 6.21. The van der Waals surface area contributed by atoms with Gasteiger partial charge in [-0.2, -0.15) is 0 Å². The van der Waals surface area contributed by atoms with E-state index in [2.05, 4.69) is 4.90 Å². The lowest BCUT2D eigenvalue weighted by molar-refractivity contribution is 0.118. The number of phenolic OH excluding ortho intramolecular Hbond substituents is 1. The van der Waals surface area contributed by atoms with Crippen LogP contribution in [0, 0.1) is 0 Å². The van der Waals surface area contributed by atoms with Gasteiger partial charge in [0.15, 0.2) is 23.0 Å². The first-order valence-electron chi connectivity index (χ1n) is 8.20. The molecule has 134 valence electrons. The maximum Gasteiger partial charge on any atom is 0.231 e. The summed E-state index contributed by atoms with van der Waals surface area (Å²) in [6.45, 7) is 3.77. The summed E-state index contributed by atoms with van der Waals surface area (Å²) in [7, 11) is 1.52. The molecule has 1 atom stereocenters. The van der Waals surface area contributed by atoms with Gasteiger partial charge in [0.2, 0.25) is 6.79 Å². The summed E-state index contributed by atoms with van der Waals surface area (Å²) in [5, 5.41) is 19.8. The van der Waals surface area contributed by atoms with Gasteiger partial charge < -0.3 is 24.4 Å². The third-order valence-electron chi connectivity index (χ3n) is 4.02. The van der Waals surface area contributed by atoms with Gasteiger partial charge in [-0.15, -0.1) is 0 Å². The number of benzene rings is 2. The number of fused-ring (bicyclic) bond motifs is 1. The lowest BCUT2D eigenvalue weighted by atomic mass is 10.1. The summed E-state index contributed by atoms with van der Waals surface area (Å²) in [6, 6.07) is 11.2. The summed E-state index contributed by atoms with van der Waals surface area (Å²) < 4.78 is 15.8. The van der Waals surface area contributed by atoms with Gasteiger partial charge in [0.1, 0.15) is 0 Å². The quantitative estimate of drug-likeness (QED) is 0.803. The Kier molecular flexibility index (Phi) is 5.31. The molecule has 0 aromatic heterocycles. The van der Waals surface area contributed by atoms with Crippen LogP contribution in [-0.4, -0.2) is 41.7 Å². The molecule has 0 radical (unpaired) electrons. The van der Waals surface area contributed by atoms with E-state index in [1.54, 1.807) is 19.1 Å². The molecule has 0 aliphatic carbocycles. The van der Waals surface area contributed by atoms with Crippen molar-refractivity contribution in [2.75, 3.05) is 20.4 Å². The highest BCUT2D eigenvalue weighted by Crippen LogP contribution is 2.33. The molecule has 2 aromatic rings. The average molecular weight is 345 g/mol. The normalized spacial score (nSPS) is 13.9. The number of aliphatic hydroxyl groups excluding tert-OH is 1. The van der Waals surface area contributed by atoms with Crippen LogP contribution in [0.5, 0.6) is 23.0 Å². The van der Waals surface area contributed by atoms with Crippen LogP contribution in [0.1, 0.15) is 18.1 Å². The molecule has 0 saturated heterocycles. The maximum absolute atomic E-state index is 9.96. The first-order valence-corrected chi connectivity index (χ1v) is 8.20. The minimum absolute atomic E-state index is 0.111. The predicted molar refractivity (Wildman–Crippen MR) is 93.0 cm³/mol. The standard InChI is InChI=1S/C19H23NO5/c1-13(21)9-20(10-14-3-5-17(23-2)16(22)7-14)11-15-4-6-18-19(8-15)25-12-24-18/h3-8,13,21-22H,9-12H2,1-2H3/t13-/m1/s1. The molecule has 0 amide bonds. The van der Waals surface area contributed by atoms with E-state index in [9.17, 15) is 10.2 Å². The van der Waals surface area contributed by atoms with Crippen LogP contribution in [0.15, 0.2) is 36.4 Å². The molecule has 1 aliphatic heterocycles. The summed E-state index contributed by atoms with van der Waals surface area (Å²) in [5.41, 5.74) is 2.02. The van der Waals surface area contributed by atoms with Gasteiger partial charge in [0.25, 0.3) is 0 Å². The molecular formula is C19H23NO5. The Morgan fingerprint density at radius 1 is 1.08 bits per heavy atom. The van der Waals surface area contributed by atoms with E-state index in [1.807, 2.05) is 24.3 Å². The molecule has 6 heteroatoms. The van der Waals surface area contributed by atoms with Crippen LogP contribution >= 0.6 is 0 Å². The smallest absolute Gasteiger partial charge is 0.231 e. The van der Waals surface area contributed by atoms with E-state index in [0.717, 1.165) is 22.6 Å². The van der Waals surface area contributed by atoms with E-state index < -0.39 is 6.10 Å². The second-order valence-corrected chi connectivity index (χ2v) is 6.21. The molecule has 0 spiro atoms. The first-order chi connectivity index (χ1) is 12.0. The molecule has 0 bridgehead atoms. The molecule has 25 heavy (non-hydrogen) atoms. The van der Waals surface area contributed by atoms with Crippen molar-refractivity contribution in [1.82, 2.24) is 4.90 Å². The Balaban J connectivity index is 1.74. The summed E-state index contributed by atoms with van der Waals surface area (Å²) in [4.78, 5) is 2.11. The SMILES string of the molecule is COc1ccc(CN(Cc2ccc3c(c2)OCO3)C[C@@H](C)O)cc1O. The van der Waals surface area contributed by atoms with Crippen molar-refractivity contribution in [1.29, 1.82) is 0 Å². The summed E-state index contributed by atoms with van der Waals surface area (Å²) in [6.07, 6.45) is -0.458. The molecular weight excluding hydrogens is 322 g/mol. The monoisotopic (exact) mass is 345 g/mol. The largest absolute Gasteiger partial charge is 0.504 e. The molecule has 2 N–H and O–H groups in total. The van der Waals surface area contributed by atoms with Gasteiger partial charge in [-0.3, -0.25) is 4.90 Å². The zero-order valence-corrected chi connectivity index (χ0v) is 14.4. The molecule has 6 nitrogen and oxygen atoms in total. The molecule has 0 unspecified atom stereocenters. The summed E-state index contributed by atoms with van der Waals surface area (Å²) >= 11 is 0. The number of hydrogen-bond acceptors (Lipinski definition) is 6. The molecule has 1 aliphatic rings. The van der Waals surface area contributed by atoms with Gasteiger partial charge in [-0.25, -0.2) is 0 Å². The number of nitrogens with zero attached hydrogens (tertiary/aromatic N) is 1. The lowest BCUT2D eigenvalue weighted by Crippen LogP contribution is -2.30. The Hall–Kier alpha value is -2.44. The van der Waals surface area contributed by atoms with Crippen molar-refractivity contribution in [2.24, 2.45) is 0 Å². The Morgan fingerprint density at radius 2 is 1.76 bits per heavy atom. The summed E-state index contributed by atoms with van der Waals surface area (Å²) in [5.74, 6) is 2.06. The molecule has 2 aromatic carbocycles. The van der Waals surface area contributed by atoms with Crippen LogP contribution in [0.25, 0.3) is 0 Å². The minimum atomic E-state index is -0.458. The third kappa shape index (κ3) is 4.35. The number of aromatic hydroxyl groups is 1. The number of hydrogen-bond donors (Lipinski definition) is 2. The highest BCUT2D eigenvalue weighted by Gasteiger charge is 2.16. The van der Waals surface area contributed by atoms with Gasteiger partial charge in [-0.05, 0) is 42.3 Å². The van der Waals surface area contributed by atoms with Crippen LogP contribution in [0.3, 0.4) is 0 Å². The zero-order chi connectivity index (χ0) is 17.8. The molecule has 1 heterocycles. The van der Waals surface area contributed by atoms with Gasteiger partial charge in [0, 0.05) is 19.6 Å². The Labute approximate surface area is 147 Å². The number of methoxy groups -OCH3 is 1. The van der Waals surface area contributed by atoms with Crippen molar-refractivity contribution in [3.05, 3.63) is 47.5 Å².